The number of hydrogen-bond donors (Lipinski definition) is 13. The molecule has 0 fully saturated rings. The Balaban J connectivity index is 5.09. The second-order valence-electron chi connectivity index (χ2n) is 10.00. The van der Waals surface area contributed by atoms with Crippen molar-refractivity contribution in [1.82, 2.24) is 31.9 Å². The molecule has 0 aliphatic carbocycles. The van der Waals surface area contributed by atoms with Gasteiger partial charge in [-0.05, 0) is 25.8 Å². The molecule has 0 aromatic carbocycles. The largest absolute Gasteiger partial charge is 0.481 e. The maximum atomic E-state index is 12.7. The minimum Gasteiger partial charge on any atom is -0.481 e. The monoisotopic (exact) mass is 677 g/mol. The number of nitrogens with two attached hydrogens (primary N) is 3. The van der Waals surface area contributed by atoms with Gasteiger partial charge < -0.3 is 69.5 Å². The fraction of sp³-hybridized carbons (Fsp3) is 0.640. The third-order valence-electron chi connectivity index (χ3n) is 6.13. The number of nitrogens with one attached hydrogen (secondary N) is 6. The average molecular weight is 678 g/mol. The van der Waals surface area contributed by atoms with E-state index in [1.165, 1.54) is 0 Å². The lowest BCUT2D eigenvalue weighted by Crippen LogP contribution is -2.57. The number of amides is 7. The smallest absolute Gasteiger partial charge is 0.326 e. The molecule has 0 aromatic heterocycles. The van der Waals surface area contributed by atoms with Crippen molar-refractivity contribution in [1.29, 1.82) is 0 Å². The first-order valence-electron chi connectivity index (χ1n) is 14.2. The van der Waals surface area contributed by atoms with E-state index in [0.717, 1.165) is 0 Å². The van der Waals surface area contributed by atoms with Crippen LogP contribution in [0.15, 0.2) is 0 Å². The van der Waals surface area contributed by atoms with Gasteiger partial charge in [0.1, 0.15) is 24.2 Å². The molecule has 22 nitrogen and oxygen atoms in total. The first-order chi connectivity index (χ1) is 22.1. The molecule has 0 aromatic rings. The van der Waals surface area contributed by atoms with Crippen molar-refractivity contribution >= 4 is 53.3 Å². The molecular weight excluding hydrogens is 634 g/mol. The zero-order chi connectivity index (χ0) is 36.1. The zero-order valence-corrected chi connectivity index (χ0v) is 25.4. The highest BCUT2D eigenvalue weighted by Gasteiger charge is 2.29. The molecule has 5 atom stereocenters. The van der Waals surface area contributed by atoms with E-state index in [4.69, 9.17) is 27.4 Å². The van der Waals surface area contributed by atoms with Crippen molar-refractivity contribution in [3.05, 3.63) is 0 Å². The number of hydrogen-bond acceptors (Lipinski definition) is 13. The summed E-state index contributed by atoms with van der Waals surface area (Å²) in [5.41, 5.74) is 16.3. The van der Waals surface area contributed by atoms with Crippen LogP contribution < -0.4 is 49.1 Å². The molecule has 0 unspecified atom stereocenters. The Hall–Kier alpha value is -4.93. The van der Waals surface area contributed by atoms with E-state index in [2.05, 4.69) is 21.3 Å². The Morgan fingerprint density at radius 1 is 0.617 bits per heavy atom. The number of aliphatic hydroxyl groups excluding tert-OH is 2. The second-order valence-corrected chi connectivity index (χ2v) is 10.00. The summed E-state index contributed by atoms with van der Waals surface area (Å²) < 4.78 is 0. The lowest BCUT2D eigenvalue weighted by Gasteiger charge is -2.23. The highest BCUT2D eigenvalue weighted by atomic mass is 16.4. The minimum atomic E-state index is -1.85. The highest BCUT2D eigenvalue weighted by Crippen LogP contribution is 2.02. The van der Waals surface area contributed by atoms with E-state index in [0.29, 0.717) is 19.4 Å². The van der Waals surface area contributed by atoms with E-state index in [-0.39, 0.29) is 19.3 Å². The first-order valence-corrected chi connectivity index (χ1v) is 14.2. The van der Waals surface area contributed by atoms with E-state index in [9.17, 15) is 53.4 Å². The molecule has 47 heavy (non-hydrogen) atoms. The molecule has 22 heteroatoms. The van der Waals surface area contributed by atoms with Gasteiger partial charge >= 0.3 is 11.9 Å². The van der Waals surface area contributed by atoms with Crippen molar-refractivity contribution in [3.8, 4) is 0 Å². The second kappa shape index (κ2) is 22.6. The molecular formula is C25H43N9O13. The summed E-state index contributed by atoms with van der Waals surface area (Å²) in [4.78, 5) is 107. The van der Waals surface area contributed by atoms with Crippen LogP contribution in [0.4, 0.5) is 0 Å². The van der Waals surface area contributed by atoms with Crippen LogP contribution in [-0.2, 0) is 43.2 Å². The summed E-state index contributed by atoms with van der Waals surface area (Å²) in [5.74, 6) is -9.98. The van der Waals surface area contributed by atoms with Crippen LogP contribution in [-0.4, -0.2) is 137 Å². The van der Waals surface area contributed by atoms with Gasteiger partial charge in [0.15, 0.2) is 0 Å². The van der Waals surface area contributed by atoms with Crippen LogP contribution >= 0.6 is 0 Å². The molecule has 0 radical (unpaired) electrons. The van der Waals surface area contributed by atoms with Crippen LogP contribution in [0.25, 0.3) is 0 Å². The van der Waals surface area contributed by atoms with E-state index in [1.807, 2.05) is 10.6 Å². The van der Waals surface area contributed by atoms with Crippen LogP contribution in [0.3, 0.4) is 0 Å². The van der Waals surface area contributed by atoms with E-state index < -0.39 is 116 Å². The average Bonchev–Trinajstić information content (AvgIpc) is 3.00. The topological polar surface area (TPSA) is 385 Å². The number of carbonyl (C=O) groups excluding carboxylic acids is 7. The van der Waals surface area contributed by atoms with Gasteiger partial charge in [0.2, 0.25) is 41.4 Å². The summed E-state index contributed by atoms with van der Waals surface area (Å²) >= 11 is 0. The van der Waals surface area contributed by atoms with Crippen LogP contribution in [0.1, 0.15) is 38.5 Å². The first kappa shape index (κ1) is 42.1. The minimum absolute atomic E-state index is 0.259. The number of carboxylic acid groups (broad SMARTS) is 2. The van der Waals surface area contributed by atoms with Gasteiger partial charge in [0.05, 0.1) is 38.8 Å². The van der Waals surface area contributed by atoms with Gasteiger partial charge in [-0.2, -0.15) is 0 Å². The summed E-state index contributed by atoms with van der Waals surface area (Å²) in [6, 6.07) is -7.55. The SMILES string of the molecule is NCCCC[C@H](N)C(=O)N[C@@H](CO)C(=O)N[C@@H](CCC(N)=O)C(=O)NCC(=O)NCC(=O)N[C@@H](CO)C(=O)N[C@@H](CC(=O)O)C(=O)O. The number of rotatable bonds is 24. The standard InChI is InChI=1S/C25H43N9O13/c26-6-2-1-3-12(27)21(42)34-16(11-36)24(45)32-13(4-5-17(28)37)22(43)30-8-18(38)29-9-19(39)31-15(10-35)23(44)33-14(25(46)47)7-20(40)41/h12-16,35-36H,1-11,26-27H2,(H2,28,37)(H,29,38)(H,30,43)(H,31,39)(H,32,45)(H,33,44)(H,34,42)(H,40,41)(H,46,47)/t12-,13-,14-,15-,16-/m0/s1. The lowest BCUT2D eigenvalue weighted by molar-refractivity contribution is -0.147. The molecule has 7 amide bonds. The Morgan fingerprint density at radius 2 is 1.15 bits per heavy atom. The maximum Gasteiger partial charge on any atom is 0.326 e. The van der Waals surface area contributed by atoms with Crippen molar-refractivity contribution in [3.63, 3.8) is 0 Å². The number of carbonyl (C=O) groups is 9. The molecule has 16 N–H and O–H groups in total. The Kier molecular flexibility index (Phi) is 20.2. The quantitative estimate of drug-likeness (QED) is 0.0422. The molecule has 0 spiro atoms. The number of aliphatic carboxylic acids is 2. The van der Waals surface area contributed by atoms with Crippen LogP contribution in [0.2, 0.25) is 0 Å². The number of carboxylic acids is 2. The summed E-state index contributed by atoms with van der Waals surface area (Å²) in [7, 11) is 0. The van der Waals surface area contributed by atoms with E-state index >= 15 is 0 Å². The number of aliphatic hydroxyl groups is 2. The summed E-state index contributed by atoms with van der Waals surface area (Å²) in [6.07, 6.45) is -0.276. The van der Waals surface area contributed by atoms with Gasteiger partial charge in [0, 0.05) is 6.42 Å². The van der Waals surface area contributed by atoms with Crippen molar-refractivity contribution < 1.29 is 63.6 Å². The molecule has 0 saturated carbocycles. The van der Waals surface area contributed by atoms with Crippen LogP contribution in [0, 0.1) is 0 Å². The lowest BCUT2D eigenvalue weighted by atomic mass is 10.1. The van der Waals surface area contributed by atoms with Gasteiger partial charge in [-0.25, -0.2) is 4.79 Å². The fourth-order valence-corrected chi connectivity index (χ4v) is 3.56. The Bertz CT molecular complexity index is 1140. The van der Waals surface area contributed by atoms with Crippen molar-refractivity contribution in [2.75, 3.05) is 32.8 Å². The fourth-order valence-electron chi connectivity index (χ4n) is 3.56. The number of unbranched alkanes of at least 4 members (excludes halogenated alkanes) is 1. The molecule has 0 rings (SSSR count). The predicted octanol–water partition coefficient (Wildman–Crippen LogP) is -7.58. The molecule has 0 heterocycles. The third-order valence-corrected chi connectivity index (χ3v) is 6.13. The molecule has 0 aliphatic heterocycles. The molecule has 0 saturated heterocycles. The molecule has 266 valence electrons. The van der Waals surface area contributed by atoms with Crippen molar-refractivity contribution in [2.45, 2.75) is 68.7 Å². The zero-order valence-electron chi connectivity index (χ0n) is 25.4. The van der Waals surface area contributed by atoms with Gasteiger partial charge in [-0.1, -0.05) is 6.42 Å². The highest BCUT2D eigenvalue weighted by molar-refractivity contribution is 5.95. The summed E-state index contributed by atoms with van der Waals surface area (Å²) in [6.45, 7) is -3.04. The summed E-state index contributed by atoms with van der Waals surface area (Å²) in [5, 5.41) is 49.3. The van der Waals surface area contributed by atoms with Gasteiger partial charge in [0.25, 0.3) is 0 Å². The van der Waals surface area contributed by atoms with Gasteiger partial charge in [-0.15, -0.1) is 0 Å². The Morgan fingerprint density at radius 3 is 1.66 bits per heavy atom. The Labute approximate surface area is 267 Å². The predicted molar refractivity (Wildman–Crippen MR) is 157 cm³/mol. The van der Waals surface area contributed by atoms with Crippen molar-refractivity contribution in [2.24, 2.45) is 17.2 Å². The molecule has 0 bridgehead atoms. The number of primary amides is 1. The van der Waals surface area contributed by atoms with E-state index in [1.54, 1.807) is 0 Å². The normalized spacial score (nSPS) is 13.8. The molecule has 0 aliphatic rings. The van der Waals surface area contributed by atoms with Gasteiger partial charge in [-0.3, -0.25) is 38.4 Å². The van der Waals surface area contributed by atoms with Crippen LogP contribution in [0.5, 0.6) is 0 Å². The third kappa shape index (κ3) is 18.0. The maximum absolute atomic E-state index is 12.7.